The van der Waals surface area contributed by atoms with Gasteiger partial charge in [-0.15, -0.1) is 0 Å². The fraction of sp³-hybridized carbons (Fsp3) is 0. The summed E-state index contributed by atoms with van der Waals surface area (Å²) in [6.45, 7) is 0. The molecule has 2 heteroatoms. The third-order valence-electron chi connectivity index (χ3n) is 7.50. The van der Waals surface area contributed by atoms with Crippen molar-refractivity contribution in [2.24, 2.45) is 0 Å². The van der Waals surface area contributed by atoms with Crippen molar-refractivity contribution in [1.82, 2.24) is 0 Å². The van der Waals surface area contributed by atoms with Gasteiger partial charge in [0.05, 0.1) is 23.3 Å². The summed E-state index contributed by atoms with van der Waals surface area (Å²) >= 11 is 0. The fourth-order valence-electron chi connectivity index (χ4n) is 5.87. The Morgan fingerprint density at radius 1 is 0.342 bits per heavy atom. The summed E-state index contributed by atoms with van der Waals surface area (Å²) in [7, 11) is 0. The van der Waals surface area contributed by atoms with Gasteiger partial charge in [-0.25, -0.2) is 0 Å². The normalized spacial score (nSPS) is 11.1. The van der Waals surface area contributed by atoms with Crippen LogP contribution in [0.15, 0.2) is 121 Å². The molecule has 0 aliphatic carbocycles. The van der Waals surface area contributed by atoms with Crippen LogP contribution in [0.2, 0.25) is 0 Å². The lowest BCUT2D eigenvalue weighted by Gasteiger charge is -2.21. The molecule has 0 N–H and O–H groups in total. The van der Waals surface area contributed by atoms with Gasteiger partial charge in [0.2, 0.25) is 0 Å². The van der Waals surface area contributed by atoms with Crippen LogP contribution in [0.25, 0.3) is 65.3 Å². The molecule has 0 unspecified atom stereocenters. The van der Waals surface area contributed by atoms with E-state index in [1.165, 1.54) is 43.4 Å². The minimum Gasteiger partial charge on any atom is -0.192 e. The second-order valence-corrected chi connectivity index (χ2v) is 9.52. The van der Waals surface area contributed by atoms with Crippen molar-refractivity contribution < 1.29 is 0 Å². The summed E-state index contributed by atoms with van der Waals surface area (Å²) in [4.78, 5) is 0. The molecule has 2 nitrogen and oxygen atoms in total. The molecule has 7 aromatic rings. The van der Waals surface area contributed by atoms with Crippen LogP contribution < -0.4 is 0 Å². The van der Waals surface area contributed by atoms with E-state index in [9.17, 15) is 10.5 Å². The molecule has 0 aliphatic heterocycles. The first kappa shape index (κ1) is 21.8. The molecule has 0 heterocycles. The van der Waals surface area contributed by atoms with E-state index in [1.54, 1.807) is 0 Å². The summed E-state index contributed by atoms with van der Waals surface area (Å²) in [5, 5.41) is 28.4. The zero-order chi connectivity index (χ0) is 25.6. The highest BCUT2D eigenvalue weighted by Crippen LogP contribution is 2.49. The summed E-state index contributed by atoms with van der Waals surface area (Å²) < 4.78 is 0. The minimum absolute atomic E-state index is 0.645. The molecule has 0 radical (unpaired) electrons. The van der Waals surface area contributed by atoms with Crippen LogP contribution in [0, 0.1) is 22.7 Å². The van der Waals surface area contributed by atoms with Crippen molar-refractivity contribution in [1.29, 1.82) is 10.5 Å². The molecule has 0 aromatic heterocycles. The molecule has 0 bridgehead atoms. The SMILES string of the molecule is N#Cc1ccc(-c2c3ccccc3c(-c3ccc(C#N)cc3)c3c4ccccc4c4ccccc4c23)cc1. The highest BCUT2D eigenvalue weighted by atomic mass is 14.3. The van der Waals surface area contributed by atoms with Crippen LogP contribution in [-0.4, -0.2) is 0 Å². The maximum atomic E-state index is 9.43. The molecule has 0 spiro atoms. The molecule has 0 fully saturated rings. The lowest BCUT2D eigenvalue weighted by Crippen LogP contribution is -1.94. The summed E-state index contributed by atoms with van der Waals surface area (Å²) in [5.41, 5.74) is 5.78. The fourth-order valence-corrected chi connectivity index (χ4v) is 5.87. The Labute approximate surface area is 220 Å². The Bertz CT molecular complexity index is 1970. The van der Waals surface area contributed by atoms with Crippen LogP contribution in [0.1, 0.15) is 11.1 Å². The lowest BCUT2D eigenvalue weighted by molar-refractivity contribution is 1.48. The van der Waals surface area contributed by atoms with Crippen molar-refractivity contribution in [3.63, 3.8) is 0 Å². The zero-order valence-corrected chi connectivity index (χ0v) is 20.4. The van der Waals surface area contributed by atoms with Crippen LogP contribution in [0.5, 0.6) is 0 Å². The van der Waals surface area contributed by atoms with Crippen molar-refractivity contribution in [2.45, 2.75) is 0 Å². The smallest absolute Gasteiger partial charge is 0.0991 e. The predicted molar refractivity (Wildman–Crippen MR) is 157 cm³/mol. The average Bonchev–Trinajstić information content (AvgIpc) is 3.00. The van der Waals surface area contributed by atoms with Crippen molar-refractivity contribution >= 4 is 43.1 Å². The molecule has 7 rings (SSSR count). The molecule has 38 heavy (non-hydrogen) atoms. The number of hydrogen-bond acceptors (Lipinski definition) is 2. The Kier molecular flexibility index (Phi) is 4.93. The van der Waals surface area contributed by atoms with Gasteiger partial charge in [0.25, 0.3) is 0 Å². The summed E-state index contributed by atoms with van der Waals surface area (Å²) in [5.74, 6) is 0. The van der Waals surface area contributed by atoms with Gasteiger partial charge < -0.3 is 0 Å². The largest absolute Gasteiger partial charge is 0.192 e. The Morgan fingerprint density at radius 2 is 0.658 bits per heavy atom. The van der Waals surface area contributed by atoms with Crippen molar-refractivity contribution in [2.75, 3.05) is 0 Å². The van der Waals surface area contributed by atoms with E-state index in [0.717, 1.165) is 21.9 Å². The van der Waals surface area contributed by atoms with E-state index in [2.05, 4.69) is 109 Å². The van der Waals surface area contributed by atoms with Gasteiger partial charge in [-0.1, -0.05) is 97.1 Å². The monoisotopic (exact) mass is 480 g/mol. The highest BCUT2D eigenvalue weighted by molar-refractivity contribution is 6.36. The highest BCUT2D eigenvalue weighted by Gasteiger charge is 2.21. The number of fused-ring (bicyclic) bond motifs is 7. The van der Waals surface area contributed by atoms with E-state index in [4.69, 9.17) is 0 Å². The summed E-state index contributed by atoms with van der Waals surface area (Å²) in [6.07, 6.45) is 0. The average molecular weight is 481 g/mol. The lowest BCUT2D eigenvalue weighted by atomic mass is 9.81. The van der Waals surface area contributed by atoms with E-state index >= 15 is 0 Å². The van der Waals surface area contributed by atoms with E-state index in [0.29, 0.717) is 11.1 Å². The standard InChI is InChI=1S/C36H20N2/c37-21-23-13-17-25(18-14-23)33-31-11-5-6-12-32(31)34(26-19-15-24(22-38)16-20-26)36-30-10-4-2-8-28(30)27-7-1-3-9-29(27)35(33)36/h1-20H. The minimum atomic E-state index is 0.645. The molecule has 0 amide bonds. The maximum absolute atomic E-state index is 9.43. The molecule has 0 aliphatic rings. The third kappa shape index (κ3) is 3.19. The zero-order valence-electron chi connectivity index (χ0n) is 20.4. The van der Waals surface area contributed by atoms with Gasteiger partial charge in [-0.2, -0.15) is 10.5 Å². The molecule has 0 saturated heterocycles. The number of hydrogen-bond donors (Lipinski definition) is 0. The van der Waals surface area contributed by atoms with Crippen LogP contribution in [0.4, 0.5) is 0 Å². The molecule has 0 saturated carbocycles. The van der Waals surface area contributed by atoms with Gasteiger partial charge in [-0.05, 0) is 89.6 Å². The first-order chi connectivity index (χ1) is 18.8. The Morgan fingerprint density at radius 3 is 1.00 bits per heavy atom. The number of benzene rings is 7. The first-order valence-corrected chi connectivity index (χ1v) is 12.6. The second kappa shape index (κ2) is 8.59. The van der Waals surface area contributed by atoms with Crippen LogP contribution in [-0.2, 0) is 0 Å². The Balaban J connectivity index is 1.80. The maximum Gasteiger partial charge on any atom is 0.0991 e. The van der Waals surface area contributed by atoms with Crippen LogP contribution in [0.3, 0.4) is 0 Å². The predicted octanol–water partition coefficient (Wildman–Crippen LogP) is 9.38. The number of nitriles is 2. The van der Waals surface area contributed by atoms with Gasteiger partial charge in [0.1, 0.15) is 0 Å². The second-order valence-electron chi connectivity index (χ2n) is 9.52. The quantitative estimate of drug-likeness (QED) is 0.183. The first-order valence-electron chi connectivity index (χ1n) is 12.6. The molecule has 7 aromatic carbocycles. The molecule has 174 valence electrons. The van der Waals surface area contributed by atoms with Crippen LogP contribution >= 0.6 is 0 Å². The van der Waals surface area contributed by atoms with Gasteiger partial charge in [-0.3, -0.25) is 0 Å². The van der Waals surface area contributed by atoms with Gasteiger partial charge in [0, 0.05) is 0 Å². The third-order valence-corrected chi connectivity index (χ3v) is 7.50. The Hall–Kier alpha value is -5.44. The number of rotatable bonds is 2. The van der Waals surface area contributed by atoms with Crippen molar-refractivity contribution in [3.05, 3.63) is 132 Å². The van der Waals surface area contributed by atoms with E-state index < -0.39 is 0 Å². The van der Waals surface area contributed by atoms with E-state index in [-0.39, 0.29) is 0 Å². The van der Waals surface area contributed by atoms with Crippen molar-refractivity contribution in [3.8, 4) is 34.4 Å². The molecular formula is C36H20N2. The topological polar surface area (TPSA) is 47.6 Å². The van der Waals surface area contributed by atoms with Gasteiger partial charge >= 0.3 is 0 Å². The number of nitrogens with zero attached hydrogens (tertiary/aromatic N) is 2. The molecular weight excluding hydrogens is 460 g/mol. The van der Waals surface area contributed by atoms with E-state index in [1.807, 2.05) is 24.3 Å². The molecule has 0 atom stereocenters. The van der Waals surface area contributed by atoms with Gasteiger partial charge in [0.15, 0.2) is 0 Å². The summed E-state index contributed by atoms with van der Waals surface area (Å²) in [6, 6.07) is 46.2.